The Labute approximate surface area is 242 Å². The van der Waals surface area contributed by atoms with Crippen LogP contribution in [0.15, 0.2) is 108 Å². The van der Waals surface area contributed by atoms with Crippen LogP contribution in [-0.2, 0) is 0 Å². The molecule has 6 aromatic rings. The summed E-state index contributed by atoms with van der Waals surface area (Å²) in [7, 11) is 0. The normalized spacial score (nSPS) is 18.1. The lowest BCUT2D eigenvalue weighted by Crippen LogP contribution is -2.20. The van der Waals surface area contributed by atoms with Gasteiger partial charge in [-0.15, -0.1) is 0 Å². The lowest BCUT2D eigenvalue weighted by molar-refractivity contribution is 0.224. The number of hydrogen-bond acceptors (Lipinski definition) is 2. The number of aromatic nitrogens is 1. The molecule has 1 aliphatic rings. The number of aryl methyl sites for hydroxylation is 1. The quantitative estimate of drug-likeness (QED) is 0.229. The third kappa shape index (κ3) is 4.52. The number of benzene rings is 4. The lowest BCUT2D eigenvalue weighted by atomic mass is 9.71. The molecule has 0 bridgehead atoms. The average Bonchev–Trinajstić information content (AvgIpc) is 3.42. The van der Waals surface area contributed by atoms with Crippen LogP contribution in [0.25, 0.3) is 55.4 Å². The first-order valence-electron chi connectivity index (χ1n) is 16.1. The van der Waals surface area contributed by atoms with E-state index in [0.29, 0.717) is 16.7 Å². The predicted molar refractivity (Wildman–Crippen MR) is 168 cm³/mol. The Balaban J connectivity index is 1.21. The third-order valence-corrected chi connectivity index (χ3v) is 8.59. The Hall–Kier alpha value is -4.17. The van der Waals surface area contributed by atoms with Gasteiger partial charge in [0.25, 0.3) is 0 Å². The maximum Gasteiger partial charge on any atom is 0.144 e. The van der Waals surface area contributed by atoms with Crippen LogP contribution in [0.4, 0.5) is 0 Å². The SMILES string of the molecule is [2H]C([2H])([2H])c1ccnc(-c2cccc3c2oc2c(-c4ccc(-c5ccc(C6([2H])CCC(C)(C)CC6)cc5)cc4)cccc23)c1. The second kappa shape index (κ2) is 9.78. The molecule has 0 amide bonds. The Morgan fingerprint density at radius 2 is 1.35 bits per heavy atom. The van der Waals surface area contributed by atoms with Crippen LogP contribution in [0.5, 0.6) is 0 Å². The molecule has 4 aromatic carbocycles. The molecule has 0 radical (unpaired) electrons. The van der Waals surface area contributed by atoms with Crippen molar-refractivity contribution in [2.45, 2.75) is 52.3 Å². The number of para-hydroxylation sites is 2. The van der Waals surface area contributed by atoms with Gasteiger partial charge in [0.2, 0.25) is 0 Å². The van der Waals surface area contributed by atoms with Gasteiger partial charge in [0, 0.05) is 33.6 Å². The first-order valence-corrected chi connectivity index (χ1v) is 14.1. The lowest BCUT2D eigenvalue weighted by Gasteiger charge is -2.34. The Morgan fingerprint density at radius 1 is 0.750 bits per heavy atom. The van der Waals surface area contributed by atoms with E-state index in [4.69, 9.17) is 9.90 Å². The summed E-state index contributed by atoms with van der Waals surface area (Å²) in [4.78, 5) is 4.48. The van der Waals surface area contributed by atoms with Crippen molar-refractivity contribution in [3.63, 3.8) is 0 Å². The van der Waals surface area contributed by atoms with E-state index in [1.54, 1.807) is 12.3 Å². The van der Waals surface area contributed by atoms with Crippen LogP contribution in [0.3, 0.4) is 0 Å². The van der Waals surface area contributed by atoms with Gasteiger partial charge in [-0.2, -0.15) is 0 Å². The van der Waals surface area contributed by atoms with Gasteiger partial charge in [-0.05, 0) is 89.9 Å². The number of nitrogens with zero attached hydrogens (tertiary/aromatic N) is 1. The fraction of sp³-hybridized carbons (Fsp3) is 0.237. The van der Waals surface area contributed by atoms with Gasteiger partial charge in [0.1, 0.15) is 11.2 Å². The average molecular weight is 526 g/mol. The molecule has 0 spiro atoms. The first-order chi connectivity index (χ1) is 21.0. The largest absolute Gasteiger partial charge is 0.455 e. The highest BCUT2D eigenvalue weighted by molar-refractivity contribution is 6.12. The Morgan fingerprint density at radius 3 is 2.02 bits per heavy atom. The van der Waals surface area contributed by atoms with Crippen LogP contribution in [0, 0.1) is 12.3 Å². The number of furan rings is 1. The summed E-state index contributed by atoms with van der Waals surface area (Å²) in [6.07, 6.45) is 5.55. The number of pyridine rings is 1. The van der Waals surface area contributed by atoms with E-state index in [-0.39, 0.29) is 5.56 Å². The summed E-state index contributed by atoms with van der Waals surface area (Å²) in [5.74, 6) is -0.489. The number of hydrogen-bond donors (Lipinski definition) is 0. The van der Waals surface area contributed by atoms with Gasteiger partial charge in [0.05, 0.1) is 5.69 Å². The van der Waals surface area contributed by atoms with E-state index in [2.05, 4.69) is 79.5 Å². The zero-order valence-electron chi connectivity index (χ0n) is 27.0. The molecule has 0 N–H and O–H groups in total. The van der Waals surface area contributed by atoms with Crippen LogP contribution in [0.1, 0.15) is 62.0 Å². The van der Waals surface area contributed by atoms with Gasteiger partial charge in [-0.25, -0.2) is 0 Å². The summed E-state index contributed by atoms with van der Waals surface area (Å²) < 4.78 is 39.1. The highest BCUT2D eigenvalue weighted by Crippen LogP contribution is 2.43. The summed E-state index contributed by atoms with van der Waals surface area (Å²) in [5, 5.41) is 1.97. The van der Waals surface area contributed by atoms with Crippen molar-refractivity contribution in [2.75, 3.05) is 0 Å². The van der Waals surface area contributed by atoms with Crippen molar-refractivity contribution >= 4 is 21.9 Å². The van der Waals surface area contributed by atoms with Gasteiger partial charge < -0.3 is 4.42 Å². The van der Waals surface area contributed by atoms with Crippen molar-refractivity contribution in [2.24, 2.45) is 5.41 Å². The zero-order chi connectivity index (χ0) is 30.7. The highest BCUT2D eigenvalue weighted by atomic mass is 16.3. The molecule has 198 valence electrons. The molecule has 2 heteroatoms. The second-order valence-electron chi connectivity index (χ2n) is 11.8. The van der Waals surface area contributed by atoms with Crippen molar-refractivity contribution < 1.29 is 9.90 Å². The molecule has 40 heavy (non-hydrogen) atoms. The van der Waals surface area contributed by atoms with E-state index in [1.165, 1.54) is 6.07 Å². The van der Waals surface area contributed by atoms with E-state index in [1.807, 2.05) is 24.3 Å². The topological polar surface area (TPSA) is 26.0 Å². The summed E-state index contributed by atoms with van der Waals surface area (Å²) >= 11 is 0. The monoisotopic (exact) mass is 525 g/mol. The minimum Gasteiger partial charge on any atom is -0.455 e. The molecule has 0 saturated heterocycles. The van der Waals surface area contributed by atoms with Crippen molar-refractivity contribution in [3.8, 4) is 33.5 Å². The number of rotatable bonds is 4. The van der Waals surface area contributed by atoms with Crippen LogP contribution >= 0.6 is 0 Å². The summed E-state index contributed by atoms with van der Waals surface area (Å²) in [6, 6.07) is 32.4. The fourth-order valence-corrected chi connectivity index (χ4v) is 6.08. The van der Waals surface area contributed by atoms with Crippen LogP contribution in [0.2, 0.25) is 0 Å². The number of fused-ring (bicyclic) bond motifs is 3. The molecule has 2 aromatic heterocycles. The van der Waals surface area contributed by atoms with Crippen molar-refractivity contribution in [1.29, 1.82) is 0 Å². The molecule has 7 rings (SSSR count). The standard InChI is InChI=1S/C38H35NO/c1-25-20-23-39-35(24-25)34-9-5-8-33-32-7-4-6-31(36(32)40-37(33)34)30-16-14-27(15-17-30)26-10-12-28(13-11-26)29-18-21-38(2,3)22-19-29/h4-17,20,23-24,29H,18-19,21-22H2,1-3H3/i1D3,29D. The predicted octanol–water partition coefficient (Wildman–Crippen LogP) is 11.0. The molecule has 1 aliphatic carbocycles. The van der Waals surface area contributed by atoms with Gasteiger partial charge in [-0.3, -0.25) is 4.98 Å². The minimum absolute atomic E-state index is 0.253. The molecular formula is C38H35NO. The van der Waals surface area contributed by atoms with Crippen molar-refractivity contribution in [3.05, 3.63) is 114 Å². The Bertz CT molecular complexity index is 1980. The van der Waals surface area contributed by atoms with Crippen LogP contribution in [-0.4, -0.2) is 4.98 Å². The maximum atomic E-state index is 9.10. The summed E-state index contributed by atoms with van der Waals surface area (Å²) in [6.45, 7) is 2.41. The van der Waals surface area contributed by atoms with E-state index in [9.17, 15) is 0 Å². The van der Waals surface area contributed by atoms with Crippen LogP contribution < -0.4 is 0 Å². The van der Waals surface area contributed by atoms with Crippen molar-refractivity contribution in [1.82, 2.24) is 4.98 Å². The second-order valence-corrected chi connectivity index (χ2v) is 11.8. The molecular weight excluding hydrogens is 486 g/mol. The van der Waals surface area contributed by atoms with Gasteiger partial charge in [0.15, 0.2) is 0 Å². The molecule has 0 unspecified atom stereocenters. The van der Waals surface area contributed by atoms with E-state index >= 15 is 0 Å². The molecule has 0 aliphatic heterocycles. The molecule has 1 fully saturated rings. The smallest absolute Gasteiger partial charge is 0.144 e. The summed E-state index contributed by atoms with van der Waals surface area (Å²) in [5.41, 5.74) is 8.83. The molecule has 2 heterocycles. The maximum absolute atomic E-state index is 9.10. The Kier molecular flexibility index (Phi) is 5.06. The molecule has 2 nitrogen and oxygen atoms in total. The highest BCUT2D eigenvalue weighted by Gasteiger charge is 2.27. The van der Waals surface area contributed by atoms with Gasteiger partial charge >= 0.3 is 0 Å². The zero-order valence-corrected chi connectivity index (χ0v) is 23.0. The van der Waals surface area contributed by atoms with Gasteiger partial charge in [-0.1, -0.05) is 92.7 Å². The van der Waals surface area contributed by atoms with E-state index in [0.717, 1.165) is 75.4 Å². The first kappa shape index (κ1) is 20.7. The minimum atomic E-state index is -2.21. The third-order valence-electron chi connectivity index (χ3n) is 8.59. The fourth-order valence-electron chi connectivity index (χ4n) is 6.08. The molecule has 1 saturated carbocycles. The van der Waals surface area contributed by atoms with E-state index < -0.39 is 12.7 Å². The molecule has 0 atom stereocenters.